The summed E-state index contributed by atoms with van der Waals surface area (Å²) in [5, 5.41) is 0.696. The number of amides is 4. The molecule has 0 radical (unpaired) electrons. The molecule has 156 valence electrons. The highest BCUT2D eigenvalue weighted by Crippen LogP contribution is 2.39. The SMILES string of the molecule is CN1C(=O)N(CC(=O)N2CCN(c3ccccc3Cl)CC2)C(=O)C12CCCCC2. The summed E-state index contributed by atoms with van der Waals surface area (Å²) in [7, 11) is 1.69. The van der Waals surface area contributed by atoms with Crippen LogP contribution in [0.15, 0.2) is 24.3 Å². The molecular weight excluding hydrogens is 392 g/mol. The summed E-state index contributed by atoms with van der Waals surface area (Å²) in [5.74, 6) is -0.375. The number of urea groups is 1. The van der Waals surface area contributed by atoms with Crippen molar-refractivity contribution in [2.45, 2.75) is 37.6 Å². The lowest BCUT2D eigenvalue weighted by Crippen LogP contribution is -2.52. The van der Waals surface area contributed by atoms with Gasteiger partial charge in [-0.25, -0.2) is 4.79 Å². The number of imide groups is 1. The molecule has 0 unspecified atom stereocenters. The minimum absolute atomic E-state index is 0.171. The van der Waals surface area contributed by atoms with Gasteiger partial charge in [-0.3, -0.25) is 14.5 Å². The molecule has 0 aromatic heterocycles. The normalized spacial score (nSPS) is 22.0. The van der Waals surface area contributed by atoms with Crippen molar-refractivity contribution in [2.24, 2.45) is 0 Å². The number of halogens is 1. The third kappa shape index (κ3) is 3.45. The van der Waals surface area contributed by atoms with E-state index < -0.39 is 5.54 Å². The number of likely N-dealkylation sites (N-methyl/N-ethyl adjacent to an activating group) is 1. The summed E-state index contributed by atoms with van der Waals surface area (Å²) < 4.78 is 0. The van der Waals surface area contributed by atoms with E-state index in [0.717, 1.165) is 29.8 Å². The fourth-order valence-electron chi connectivity index (χ4n) is 4.81. The van der Waals surface area contributed by atoms with Crippen molar-refractivity contribution in [1.29, 1.82) is 0 Å². The van der Waals surface area contributed by atoms with Gasteiger partial charge in [0.1, 0.15) is 12.1 Å². The largest absolute Gasteiger partial charge is 0.367 e. The number of nitrogens with zero attached hydrogens (tertiary/aromatic N) is 4. The maximum Gasteiger partial charge on any atom is 0.327 e. The topological polar surface area (TPSA) is 64.2 Å². The Morgan fingerprint density at radius 3 is 2.34 bits per heavy atom. The van der Waals surface area contributed by atoms with Gasteiger partial charge in [0.2, 0.25) is 5.91 Å². The fourth-order valence-corrected chi connectivity index (χ4v) is 5.07. The standard InChI is InChI=1S/C21H27ClN4O3/c1-23-20(29)26(19(28)21(23)9-5-2-6-10-21)15-18(27)25-13-11-24(12-14-25)17-8-4-3-7-16(17)22/h3-4,7-8H,2,5-6,9-15H2,1H3. The zero-order valence-corrected chi connectivity index (χ0v) is 17.5. The van der Waals surface area contributed by atoms with Crippen molar-refractivity contribution in [3.8, 4) is 0 Å². The number of anilines is 1. The van der Waals surface area contributed by atoms with Gasteiger partial charge in [-0.2, -0.15) is 0 Å². The Kier molecular flexibility index (Phi) is 5.42. The van der Waals surface area contributed by atoms with Crippen molar-refractivity contribution < 1.29 is 14.4 Å². The molecule has 4 amide bonds. The molecule has 4 rings (SSSR count). The van der Waals surface area contributed by atoms with Crippen LogP contribution in [0.3, 0.4) is 0 Å². The van der Waals surface area contributed by atoms with Crippen molar-refractivity contribution in [1.82, 2.24) is 14.7 Å². The van der Waals surface area contributed by atoms with E-state index in [-0.39, 0.29) is 24.4 Å². The average molecular weight is 419 g/mol. The van der Waals surface area contributed by atoms with Crippen LogP contribution in [0.4, 0.5) is 10.5 Å². The molecule has 2 heterocycles. The molecule has 1 aliphatic carbocycles. The van der Waals surface area contributed by atoms with E-state index >= 15 is 0 Å². The molecule has 8 heteroatoms. The van der Waals surface area contributed by atoms with Gasteiger partial charge in [0.05, 0.1) is 10.7 Å². The van der Waals surface area contributed by atoms with E-state index in [1.807, 2.05) is 24.3 Å². The van der Waals surface area contributed by atoms with Gasteiger partial charge in [0, 0.05) is 33.2 Å². The highest BCUT2D eigenvalue weighted by molar-refractivity contribution is 6.33. The number of hydrogen-bond acceptors (Lipinski definition) is 4. The number of carbonyl (C=O) groups is 3. The van der Waals surface area contributed by atoms with Gasteiger partial charge in [-0.05, 0) is 25.0 Å². The highest BCUT2D eigenvalue weighted by Gasteiger charge is 2.56. The summed E-state index contributed by atoms with van der Waals surface area (Å²) in [6, 6.07) is 7.32. The van der Waals surface area contributed by atoms with Crippen LogP contribution in [0.2, 0.25) is 5.02 Å². The lowest BCUT2D eigenvalue weighted by atomic mass is 9.81. The number of benzene rings is 1. The molecule has 29 heavy (non-hydrogen) atoms. The Bertz CT molecular complexity index is 816. The summed E-state index contributed by atoms with van der Waals surface area (Å²) >= 11 is 6.28. The van der Waals surface area contributed by atoms with Crippen LogP contribution < -0.4 is 4.90 Å². The minimum Gasteiger partial charge on any atom is -0.367 e. The van der Waals surface area contributed by atoms with E-state index in [4.69, 9.17) is 11.6 Å². The third-order valence-corrected chi connectivity index (χ3v) is 6.92. The molecule has 1 spiro atoms. The van der Waals surface area contributed by atoms with Gasteiger partial charge in [0.25, 0.3) is 5.91 Å². The second-order valence-electron chi connectivity index (χ2n) is 8.14. The summed E-state index contributed by atoms with van der Waals surface area (Å²) in [4.78, 5) is 45.3. The average Bonchev–Trinajstić information content (AvgIpc) is 2.91. The number of para-hydroxylation sites is 1. The van der Waals surface area contributed by atoms with Gasteiger partial charge >= 0.3 is 6.03 Å². The first-order valence-corrected chi connectivity index (χ1v) is 10.7. The van der Waals surface area contributed by atoms with Crippen molar-refractivity contribution in [2.75, 3.05) is 44.7 Å². The van der Waals surface area contributed by atoms with Gasteiger partial charge in [0.15, 0.2) is 0 Å². The maximum atomic E-state index is 13.1. The van der Waals surface area contributed by atoms with Crippen molar-refractivity contribution in [3.63, 3.8) is 0 Å². The first-order chi connectivity index (χ1) is 13.9. The van der Waals surface area contributed by atoms with Crippen LogP contribution in [0.1, 0.15) is 32.1 Å². The van der Waals surface area contributed by atoms with Crippen LogP contribution >= 0.6 is 11.6 Å². The van der Waals surface area contributed by atoms with Gasteiger partial charge in [-0.1, -0.05) is 43.0 Å². The first kappa shape index (κ1) is 20.0. The van der Waals surface area contributed by atoms with E-state index in [1.165, 1.54) is 0 Å². The first-order valence-electron chi connectivity index (χ1n) is 10.3. The van der Waals surface area contributed by atoms with Crippen LogP contribution in [0.5, 0.6) is 0 Å². The minimum atomic E-state index is -0.738. The number of rotatable bonds is 3. The zero-order chi connectivity index (χ0) is 20.6. The molecule has 1 aromatic rings. The molecule has 0 atom stereocenters. The lowest BCUT2D eigenvalue weighted by molar-refractivity contribution is -0.140. The molecule has 1 aromatic carbocycles. The van der Waals surface area contributed by atoms with E-state index in [1.54, 1.807) is 16.8 Å². The predicted octanol–water partition coefficient (Wildman–Crippen LogP) is 2.59. The monoisotopic (exact) mass is 418 g/mol. The molecule has 2 saturated heterocycles. The maximum absolute atomic E-state index is 13.1. The number of piperazine rings is 1. The molecular formula is C21H27ClN4O3. The number of hydrogen-bond donors (Lipinski definition) is 0. The van der Waals surface area contributed by atoms with Crippen molar-refractivity contribution >= 4 is 35.1 Å². The van der Waals surface area contributed by atoms with Crippen LogP contribution in [-0.4, -0.2) is 77.9 Å². The quantitative estimate of drug-likeness (QED) is 0.708. The van der Waals surface area contributed by atoms with Crippen LogP contribution in [0.25, 0.3) is 0 Å². The molecule has 1 saturated carbocycles. The molecule has 7 nitrogen and oxygen atoms in total. The molecule has 2 aliphatic heterocycles. The van der Waals surface area contributed by atoms with Gasteiger partial charge < -0.3 is 14.7 Å². The molecule has 3 aliphatic rings. The molecule has 0 N–H and O–H groups in total. The third-order valence-electron chi connectivity index (χ3n) is 6.60. The Morgan fingerprint density at radius 2 is 1.69 bits per heavy atom. The fraction of sp³-hybridized carbons (Fsp3) is 0.571. The van der Waals surface area contributed by atoms with Crippen molar-refractivity contribution in [3.05, 3.63) is 29.3 Å². The number of carbonyl (C=O) groups excluding carboxylic acids is 3. The molecule has 0 bridgehead atoms. The summed E-state index contributed by atoms with van der Waals surface area (Å²) in [6.07, 6.45) is 4.35. The van der Waals surface area contributed by atoms with E-state index in [2.05, 4.69) is 4.90 Å². The second kappa shape index (κ2) is 7.86. The Labute approximate surface area is 176 Å². The summed E-state index contributed by atoms with van der Waals surface area (Å²) in [5.41, 5.74) is 0.227. The Morgan fingerprint density at radius 1 is 1.03 bits per heavy atom. The Balaban J connectivity index is 1.38. The smallest absolute Gasteiger partial charge is 0.327 e. The van der Waals surface area contributed by atoms with Crippen LogP contribution in [0, 0.1) is 0 Å². The van der Waals surface area contributed by atoms with E-state index in [9.17, 15) is 14.4 Å². The highest BCUT2D eigenvalue weighted by atomic mass is 35.5. The lowest BCUT2D eigenvalue weighted by Gasteiger charge is -2.37. The van der Waals surface area contributed by atoms with Gasteiger partial charge in [-0.15, -0.1) is 0 Å². The van der Waals surface area contributed by atoms with E-state index in [0.29, 0.717) is 44.0 Å². The zero-order valence-electron chi connectivity index (χ0n) is 16.8. The summed E-state index contributed by atoms with van der Waals surface area (Å²) in [6.45, 7) is 2.25. The molecule has 3 fully saturated rings. The van der Waals surface area contributed by atoms with Crippen LogP contribution in [-0.2, 0) is 9.59 Å². The Hall–Kier alpha value is -2.28. The predicted molar refractivity (Wildman–Crippen MR) is 111 cm³/mol. The second-order valence-corrected chi connectivity index (χ2v) is 8.55.